The van der Waals surface area contributed by atoms with E-state index in [4.69, 9.17) is 14.2 Å². The van der Waals surface area contributed by atoms with Crippen LogP contribution >= 0.6 is 0 Å². The van der Waals surface area contributed by atoms with E-state index in [-0.39, 0.29) is 19.3 Å². The number of esters is 3. The minimum Gasteiger partial charge on any atom is -0.461 e. The summed E-state index contributed by atoms with van der Waals surface area (Å²) in [5.41, 5.74) is -0.697. The largest absolute Gasteiger partial charge is 0.461 e. The van der Waals surface area contributed by atoms with Crippen molar-refractivity contribution in [1.29, 1.82) is 0 Å². The second-order valence-corrected chi connectivity index (χ2v) is 10.8. The lowest BCUT2D eigenvalue weighted by Gasteiger charge is -2.51. The van der Waals surface area contributed by atoms with E-state index in [1.165, 1.54) is 20.8 Å². The average molecular weight is 493 g/mol. The molecule has 0 aromatic rings. The summed E-state index contributed by atoms with van der Waals surface area (Å²) in [6, 6.07) is 0. The lowest BCUT2D eigenvalue weighted by atomic mass is 9.57. The Morgan fingerprint density at radius 3 is 2.06 bits per heavy atom. The lowest BCUT2D eigenvalue weighted by molar-refractivity contribution is -0.170. The highest BCUT2D eigenvalue weighted by Crippen LogP contribution is 2.53. The molecule has 0 heterocycles. The third kappa shape index (κ3) is 4.93. The standard InChI is InChI=1S/C26H36O9/c1-12-20(33-13(2)27)9-17-19(31)8-16-11-26(7,21(10-18(16)30)34-14(3)28)24(32)23(35-15(4)29)22(12)25(17,5)6/h8,17-21,23,30-31H,9-11H2,1-7H3/b16-8+/t17-,18-,19+,20-,21-,23-,26-/m0/s1. The number of rotatable bonds is 3. The highest BCUT2D eigenvalue weighted by molar-refractivity contribution is 5.94. The Balaban J connectivity index is 2.32. The number of ether oxygens (including phenoxy) is 3. The first kappa shape index (κ1) is 27.1. The van der Waals surface area contributed by atoms with Gasteiger partial charge < -0.3 is 24.4 Å². The van der Waals surface area contributed by atoms with Gasteiger partial charge in [0.05, 0.1) is 17.6 Å². The third-order valence-corrected chi connectivity index (χ3v) is 7.90. The van der Waals surface area contributed by atoms with E-state index in [0.717, 1.165) is 0 Å². The van der Waals surface area contributed by atoms with Crippen molar-refractivity contribution in [2.75, 3.05) is 0 Å². The van der Waals surface area contributed by atoms with Crippen LogP contribution in [-0.2, 0) is 33.4 Å². The van der Waals surface area contributed by atoms with Gasteiger partial charge in [0.2, 0.25) is 0 Å². The Kier molecular flexibility index (Phi) is 7.35. The van der Waals surface area contributed by atoms with Crippen molar-refractivity contribution in [3.8, 4) is 0 Å². The van der Waals surface area contributed by atoms with Gasteiger partial charge in [0.25, 0.3) is 0 Å². The van der Waals surface area contributed by atoms with Crippen LogP contribution in [-0.4, -0.2) is 64.4 Å². The van der Waals surface area contributed by atoms with Crippen molar-refractivity contribution >= 4 is 23.7 Å². The minimum atomic E-state index is -1.35. The molecule has 0 aromatic heterocycles. The summed E-state index contributed by atoms with van der Waals surface area (Å²) in [6.45, 7) is 10.8. The summed E-state index contributed by atoms with van der Waals surface area (Å²) in [5, 5.41) is 22.2. The van der Waals surface area contributed by atoms with Gasteiger partial charge in [-0.3, -0.25) is 19.2 Å². The van der Waals surface area contributed by atoms with Crippen molar-refractivity contribution in [3.63, 3.8) is 0 Å². The number of ketones is 1. The van der Waals surface area contributed by atoms with Gasteiger partial charge >= 0.3 is 17.9 Å². The molecule has 7 atom stereocenters. The molecule has 3 aliphatic carbocycles. The van der Waals surface area contributed by atoms with Gasteiger partial charge in [0.15, 0.2) is 11.9 Å². The molecule has 0 aromatic carbocycles. The summed E-state index contributed by atoms with van der Waals surface area (Å²) in [4.78, 5) is 50.3. The van der Waals surface area contributed by atoms with E-state index in [1.54, 1.807) is 19.9 Å². The Bertz CT molecular complexity index is 991. The predicted octanol–water partition coefficient (Wildman–Crippen LogP) is 2.18. The Morgan fingerprint density at radius 2 is 1.51 bits per heavy atom. The third-order valence-electron chi connectivity index (χ3n) is 7.90. The SMILES string of the molecule is CC(=O)O[C@@H]1C(=O)[C@@]2(C)C/C(=C\[C@@H](O)[C@@H]3C[C@H](OC(C)=O)C(C)=C1C3(C)C)[C@@H](O)C[C@@H]2OC(C)=O. The van der Waals surface area contributed by atoms with Gasteiger partial charge in [-0.05, 0) is 48.8 Å². The zero-order valence-corrected chi connectivity index (χ0v) is 21.4. The second kappa shape index (κ2) is 9.50. The highest BCUT2D eigenvalue weighted by atomic mass is 16.6. The first-order valence-corrected chi connectivity index (χ1v) is 11.9. The fourth-order valence-corrected chi connectivity index (χ4v) is 6.14. The van der Waals surface area contributed by atoms with E-state index < -0.39 is 71.0 Å². The van der Waals surface area contributed by atoms with Gasteiger partial charge in [0, 0.05) is 33.1 Å². The van der Waals surface area contributed by atoms with Crippen LogP contribution in [0.15, 0.2) is 22.8 Å². The molecular weight excluding hydrogens is 456 g/mol. The number of aliphatic hydroxyl groups is 2. The van der Waals surface area contributed by atoms with E-state index in [0.29, 0.717) is 16.7 Å². The molecule has 1 fully saturated rings. The van der Waals surface area contributed by atoms with Gasteiger partial charge in [-0.15, -0.1) is 0 Å². The average Bonchev–Trinajstić information content (AvgIpc) is 2.70. The lowest BCUT2D eigenvalue weighted by Crippen LogP contribution is -2.57. The number of carbonyl (C=O) groups is 4. The summed E-state index contributed by atoms with van der Waals surface area (Å²) in [7, 11) is 0. The molecule has 3 rings (SSSR count). The first-order valence-electron chi connectivity index (χ1n) is 11.9. The number of carbonyl (C=O) groups excluding carboxylic acids is 4. The summed E-state index contributed by atoms with van der Waals surface area (Å²) >= 11 is 0. The predicted molar refractivity (Wildman–Crippen MR) is 124 cm³/mol. The van der Waals surface area contributed by atoms with Crippen molar-refractivity contribution in [2.45, 2.75) is 98.2 Å². The summed E-state index contributed by atoms with van der Waals surface area (Å²) in [6.07, 6.45) is -3.29. The second-order valence-electron chi connectivity index (χ2n) is 10.8. The fraction of sp³-hybridized carbons (Fsp3) is 0.692. The molecule has 9 heteroatoms. The molecule has 2 N–H and O–H groups in total. The van der Waals surface area contributed by atoms with Crippen LogP contribution < -0.4 is 0 Å². The van der Waals surface area contributed by atoms with E-state index in [1.807, 2.05) is 13.8 Å². The topological polar surface area (TPSA) is 136 Å². The number of aliphatic hydroxyl groups excluding tert-OH is 2. The van der Waals surface area contributed by atoms with E-state index in [2.05, 4.69) is 0 Å². The maximum Gasteiger partial charge on any atom is 0.303 e. The number of hydrogen-bond donors (Lipinski definition) is 2. The molecule has 0 radical (unpaired) electrons. The molecule has 9 nitrogen and oxygen atoms in total. The zero-order chi connectivity index (χ0) is 26.5. The molecule has 35 heavy (non-hydrogen) atoms. The van der Waals surface area contributed by atoms with Crippen LogP contribution in [0.5, 0.6) is 0 Å². The van der Waals surface area contributed by atoms with Crippen LogP contribution in [0.25, 0.3) is 0 Å². The van der Waals surface area contributed by atoms with Crippen molar-refractivity contribution < 1.29 is 43.6 Å². The zero-order valence-electron chi connectivity index (χ0n) is 21.4. The quantitative estimate of drug-likeness (QED) is 0.345. The maximum absolute atomic E-state index is 14.3. The normalized spacial score (nSPS) is 38.1. The number of Topliss-reactive ketones (excluding diaryl/α,β-unsaturated/α-hetero) is 1. The van der Waals surface area contributed by atoms with Gasteiger partial charge in [0.1, 0.15) is 12.2 Å². The smallest absolute Gasteiger partial charge is 0.303 e. The first-order chi connectivity index (χ1) is 16.1. The molecular formula is C26H36O9. The molecule has 1 saturated carbocycles. The fourth-order valence-electron chi connectivity index (χ4n) is 6.14. The van der Waals surface area contributed by atoms with Gasteiger partial charge in [-0.25, -0.2) is 0 Å². The Labute approximate surface area is 205 Å². The van der Waals surface area contributed by atoms with Crippen LogP contribution in [0, 0.1) is 16.7 Å². The van der Waals surface area contributed by atoms with Crippen molar-refractivity contribution in [3.05, 3.63) is 22.8 Å². The molecule has 4 bridgehead atoms. The molecule has 3 aliphatic rings. The van der Waals surface area contributed by atoms with Crippen LogP contribution in [0.2, 0.25) is 0 Å². The van der Waals surface area contributed by atoms with Gasteiger partial charge in [-0.2, -0.15) is 0 Å². The van der Waals surface area contributed by atoms with Crippen LogP contribution in [0.4, 0.5) is 0 Å². The Morgan fingerprint density at radius 1 is 0.943 bits per heavy atom. The van der Waals surface area contributed by atoms with Crippen molar-refractivity contribution in [1.82, 2.24) is 0 Å². The highest BCUT2D eigenvalue weighted by Gasteiger charge is 2.57. The van der Waals surface area contributed by atoms with E-state index in [9.17, 15) is 29.4 Å². The van der Waals surface area contributed by atoms with Gasteiger partial charge in [-0.1, -0.05) is 19.9 Å². The van der Waals surface area contributed by atoms with Crippen LogP contribution in [0.3, 0.4) is 0 Å². The number of hydrogen-bond acceptors (Lipinski definition) is 9. The molecule has 0 amide bonds. The molecule has 0 saturated heterocycles. The summed E-state index contributed by atoms with van der Waals surface area (Å²) < 4.78 is 16.7. The van der Waals surface area contributed by atoms with Crippen molar-refractivity contribution in [2.24, 2.45) is 16.7 Å². The molecule has 194 valence electrons. The maximum atomic E-state index is 14.3. The Hall–Kier alpha value is -2.52. The monoisotopic (exact) mass is 492 g/mol. The van der Waals surface area contributed by atoms with Crippen LogP contribution in [0.1, 0.15) is 67.7 Å². The van der Waals surface area contributed by atoms with E-state index >= 15 is 0 Å². The molecule has 0 spiro atoms. The summed E-state index contributed by atoms with van der Waals surface area (Å²) in [5.74, 6) is -2.78. The molecule has 0 aliphatic heterocycles. The number of fused-ring (bicyclic) bond motifs is 4. The molecule has 0 unspecified atom stereocenters. The minimum absolute atomic E-state index is 0.0205.